The summed E-state index contributed by atoms with van der Waals surface area (Å²) < 4.78 is 0. The molecule has 0 spiro atoms. The summed E-state index contributed by atoms with van der Waals surface area (Å²) in [6, 6.07) is 4.42. The van der Waals surface area contributed by atoms with E-state index in [4.69, 9.17) is 0 Å². The van der Waals surface area contributed by atoms with Crippen LogP contribution in [0.4, 0.5) is 0 Å². The molecular weight excluding hydrogens is 230 g/mol. The zero-order valence-corrected chi connectivity index (χ0v) is 13.1. The molecule has 0 bridgehead atoms. The lowest BCUT2D eigenvalue weighted by Crippen LogP contribution is -2.08. The number of hydrogen-bond donors (Lipinski definition) is 0. The molecule has 0 fully saturated rings. The van der Waals surface area contributed by atoms with Crippen molar-refractivity contribution >= 4 is 0 Å². The summed E-state index contributed by atoms with van der Waals surface area (Å²) in [4.78, 5) is 0. The summed E-state index contributed by atoms with van der Waals surface area (Å²) in [5.74, 6) is 0.861. The van der Waals surface area contributed by atoms with E-state index >= 15 is 0 Å². The van der Waals surface area contributed by atoms with E-state index < -0.39 is 0 Å². The molecule has 19 heavy (non-hydrogen) atoms. The van der Waals surface area contributed by atoms with Gasteiger partial charge in [-0.25, -0.2) is 0 Å². The van der Waals surface area contributed by atoms with Gasteiger partial charge in [0.15, 0.2) is 0 Å². The van der Waals surface area contributed by atoms with Crippen LogP contribution in [0.1, 0.15) is 74.3 Å². The fourth-order valence-electron chi connectivity index (χ4n) is 2.79. The number of allylic oxidation sites excluding steroid dienone is 1. The molecule has 0 atom stereocenters. The Balaban J connectivity index is 3.68. The predicted molar refractivity (Wildman–Crippen MR) is 82.6 cm³/mol. The minimum Gasteiger partial charge on any atom is -0.192 e. The number of nitriles is 1. The maximum atomic E-state index is 9.34. The van der Waals surface area contributed by atoms with E-state index in [0.29, 0.717) is 11.8 Å². The summed E-state index contributed by atoms with van der Waals surface area (Å²) in [7, 11) is 0. The first-order valence-electron chi connectivity index (χ1n) is 7.00. The van der Waals surface area contributed by atoms with E-state index in [2.05, 4.69) is 60.3 Å². The van der Waals surface area contributed by atoms with E-state index in [1.807, 2.05) is 0 Å². The molecule has 0 aliphatic rings. The third kappa shape index (κ3) is 3.26. The molecule has 0 aliphatic carbocycles. The molecule has 0 radical (unpaired) electrons. The van der Waals surface area contributed by atoms with Gasteiger partial charge >= 0.3 is 0 Å². The van der Waals surface area contributed by atoms with Crippen molar-refractivity contribution in [2.24, 2.45) is 0 Å². The van der Waals surface area contributed by atoms with Gasteiger partial charge < -0.3 is 0 Å². The Bertz CT molecular complexity index is 528. The van der Waals surface area contributed by atoms with E-state index in [9.17, 15) is 5.26 Å². The summed E-state index contributed by atoms with van der Waals surface area (Å²) in [6.45, 7) is 17.0. The largest absolute Gasteiger partial charge is 0.192 e. The lowest BCUT2D eigenvalue weighted by molar-refractivity contribution is 0.795. The average molecular weight is 255 g/mol. The molecule has 0 aliphatic heterocycles. The van der Waals surface area contributed by atoms with E-state index in [0.717, 1.165) is 17.5 Å². The Morgan fingerprint density at radius 2 is 1.84 bits per heavy atom. The molecule has 102 valence electrons. The summed E-state index contributed by atoms with van der Waals surface area (Å²) in [5, 5.41) is 9.34. The Kier molecular flexibility index (Phi) is 4.95. The van der Waals surface area contributed by atoms with Gasteiger partial charge in [0.2, 0.25) is 0 Å². The van der Waals surface area contributed by atoms with Gasteiger partial charge in [-0.15, -0.1) is 0 Å². The van der Waals surface area contributed by atoms with E-state index in [-0.39, 0.29) is 0 Å². The van der Waals surface area contributed by atoms with Crippen molar-refractivity contribution in [2.75, 3.05) is 0 Å². The second-order valence-corrected chi connectivity index (χ2v) is 6.09. The molecule has 1 nitrogen and oxygen atoms in total. The molecule has 0 amide bonds. The first-order chi connectivity index (χ1) is 8.79. The van der Waals surface area contributed by atoms with Crippen molar-refractivity contribution in [1.82, 2.24) is 0 Å². The molecular formula is C18H25N. The van der Waals surface area contributed by atoms with Crippen LogP contribution in [0.2, 0.25) is 0 Å². The van der Waals surface area contributed by atoms with Crippen LogP contribution < -0.4 is 0 Å². The van der Waals surface area contributed by atoms with Crippen molar-refractivity contribution in [3.8, 4) is 6.07 Å². The third-order valence-electron chi connectivity index (χ3n) is 3.58. The first-order valence-corrected chi connectivity index (χ1v) is 7.00. The van der Waals surface area contributed by atoms with Crippen molar-refractivity contribution in [1.29, 1.82) is 5.26 Å². The summed E-state index contributed by atoms with van der Waals surface area (Å²) >= 11 is 0. The lowest BCUT2D eigenvalue weighted by Gasteiger charge is -2.23. The average Bonchev–Trinajstić information content (AvgIpc) is 2.27. The quantitative estimate of drug-likeness (QED) is 0.676. The minimum absolute atomic E-state index is 0.430. The fraction of sp³-hybridized carbons (Fsp3) is 0.500. The van der Waals surface area contributed by atoms with Crippen LogP contribution in [0.3, 0.4) is 0 Å². The van der Waals surface area contributed by atoms with E-state index in [1.54, 1.807) is 0 Å². The van der Waals surface area contributed by atoms with Crippen LogP contribution in [0.5, 0.6) is 0 Å². The van der Waals surface area contributed by atoms with Gasteiger partial charge in [0.25, 0.3) is 0 Å². The predicted octanol–water partition coefficient (Wildman–Crippen LogP) is 5.23. The normalized spacial score (nSPS) is 10.9. The van der Waals surface area contributed by atoms with Crippen LogP contribution in [-0.2, 0) is 6.42 Å². The zero-order valence-electron chi connectivity index (χ0n) is 13.1. The molecule has 1 aromatic rings. The smallest absolute Gasteiger partial charge is 0.0994 e. The first kappa shape index (κ1) is 15.5. The SMILES string of the molecule is C=C(C)Cc1c(C(C)C)cc(C#N)c(C)c1C(C)C. The topological polar surface area (TPSA) is 23.8 Å². The van der Waals surface area contributed by atoms with Crippen LogP contribution in [0.15, 0.2) is 18.2 Å². The highest BCUT2D eigenvalue weighted by molar-refractivity contribution is 5.53. The number of rotatable bonds is 4. The van der Waals surface area contributed by atoms with Gasteiger partial charge in [0.05, 0.1) is 11.6 Å². The van der Waals surface area contributed by atoms with Crippen LogP contribution in [0.25, 0.3) is 0 Å². The molecule has 1 aromatic carbocycles. The Labute approximate surface area is 118 Å². The Morgan fingerprint density at radius 1 is 1.26 bits per heavy atom. The lowest BCUT2D eigenvalue weighted by atomic mass is 9.81. The molecule has 0 aromatic heterocycles. The number of nitrogens with zero attached hydrogens (tertiary/aromatic N) is 1. The Hall–Kier alpha value is -1.55. The monoisotopic (exact) mass is 255 g/mol. The second-order valence-electron chi connectivity index (χ2n) is 6.09. The van der Waals surface area contributed by atoms with Crippen molar-refractivity contribution < 1.29 is 0 Å². The van der Waals surface area contributed by atoms with Crippen molar-refractivity contribution in [3.05, 3.63) is 46.0 Å². The second kappa shape index (κ2) is 6.06. The van der Waals surface area contributed by atoms with Crippen LogP contribution in [0, 0.1) is 18.3 Å². The van der Waals surface area contributed by atoms with Crippen LogP contribution in [-0.4, -0.2) is 0 Å². The molecule has 1 rings (SSSR count). The molecule has 0 heterocycles. The molecule has 0 saturated heterocycles. The van der Waals surface area contributed by atoms with Crippen LogP contribution >= 0.6 is 0 Å². The number of hydrogen-bond acceptors (Lipinski definition) is 1. The maximum absolute atomic E-state index is 9.34. The van der Waals surface area contributed by atoms with Gasteiger partial charge in [-0.2, -0.15) is 5.26 Å². The van der Waals surface area contributed by atoms with Gasteiger partial charge in [-0.1, -0.05) is 39.8 Å². The van der Waals surface area contributed by atoms with Crippen molar-refractivity contribution in [2.45, 2.75) is 59.8 Å². The highest BCUT2D eigenvalue weighted by Gasteiger charge is 2.19. The zero-order chi connectivity index (χ0) is 14.7. The maximum Gasteiger partial charge on any atom is 0.0994 e. The molecule has 1 heteroatoms. The Morgan fingerprint density at radius 3 is 2.21 bits per heavy atom. The van der Waals surface area contributed by atoms with Crippen molar-refractivity contribution in [3.63, 3.8) is 0 Å². The standard InChI is InChI=1S/C18H25N/c1-11(2)8-17-16(12(3)4)9-15(10-19)14(7)18(17)13(5)6/h9,12-13H,1,8H2,2-7H3. The van der Waals surface area contributed by atoms with Gasteiger partial charge in [-0.05, 0) is 60.4 Å². The van der Waals surface area contributed by atoms with E-state index in [1.165, 1.54) is 22.3 Å². The highest BCUT2D eigenvalue weighted by atomic mass is 14.3. The molecule has 0 N–H and O–H groups in total. The molecule has 0 unspecified atom stereocenters. The third-order valence-corrected chi connectivity index (χ3v) is 3.58. The minimum atomic E-state index is 0.430. The number of benzene rings is 1. The summed E-state index contributed by atoms with van der Waals surface area (Å²) in [6.07, 6.45) is 0.910. The van der Waals surface area contributed by atoms with Gasteiger partial charge in [0.1, 0.15) is 0 Å². The molecule has 0 saturated carbocycles. The summed E-state index contributed by atoms with van der Waals surface area (Å²) in [5.41, 5.74) is 7.15. The van der Waals surface area contributed by atoms with Gasteiger partial charge in [0, 0.05) is 0 Å². The van der Waals surface area contributed by atoms with Gasteiger partial charge in [-0.3, -0.25) is 0 Å². The highest BCUT2D eigenvalue weighted by Crippen LogP contribution is 2.34. The fourth-order valence-corrected chi connectivity index (χ4v) is 2.79.